The molecule has 14 heavy (non-hydrogen) atoms. The molecule has 0 aromatic carbocycles. The van der Waals surface area contributed by atoms with Gasteiger partial charge in [0.1, 0.15) is 0 Å². The predicted molar refractivity (Wildman–Crippen MR) is 65.2 cm³/mol. The van der Waals surface area contributed by atoms with E-state index in [1.165, 1.54) is 12.8 Å². The number of likely N-dealkylation sites (N-methyl/N-ethyl adjacent to an activating group) is 1. The Hall–Kier alpha value is 0.210. The van der Waals surface area contributed by atoms with Crippen LogP contribution in [0.5, 0.6) is 0 Å². The Kier molecular flexibility index (Phi) is 9.90. The second-order valence-electron chi connectivity index (χ2n) is 4.14. The van der Waals surface area contributed by atoms with Gasteiger partial charge in [-0.1, -0.05) is 13.3 Å². The standard InChI is InChI=1S/C11H25ClN2/c1-4-5-11(6-7-12)10-13-8-9-14(2)3/h11,13H,4-10H2,1-3H3. The van der Waals surface area contributed by atoms with Crippen molar-refractivity contribution in [2.45, 2.75) is 26.2 Å². The Balaban J connectivity index is 3.40. The zero-order valence-electron chi connectivity index (χ0n) is 9.85. The van der Waals surface area contributed by atoms with Gasteiger partial charge in [-0.15, -0.1) is 11.6 Å². The maximum absolute atomic E-state index is 5.76. The molecule has 1 N–H and O–H groups in total. The average molecular weight is 221 g/mol. The first kappa shape index (κ1) is 14.2. The third-order valence-corrected chi connectivity index (χ3v) is 2.60. The van der Waals surface area contributed by atoms with Crippen LogP contribution < -0.4 is 5.32 Å². The average Bonchev–Trinajstić information content (AvgIpc) is 2.12. The van der Waals surface area contributed by atoms with Crippen LogP contribution in [-0.4, -0.2) is 44.5 Å². The molecule has 0 saturated carbocycles. The van der Waals surface area contributed by atoms with E-state index in [-0.39, 0.29) is 0 Å². The second-order valence-corrected chi connectivity index (χ2v) is 4.52. The Morgan fingerprint density at radius 1 is 1.29 bits per heavy atom. The number of nitrogens with zero attached hydrogens (tertiary/aromatic N) is 1. The molecule has 0 radical (unpaired) electrons. The van der Waals surface area contributed by atoms with E-state index in [2.05, 4.69) is 31.2 Å². The zero-order chi connectivity index (χ0) is 10.8. The first-order valence-electron chi connectivity index (χ1n) is 5.62. The highest BCUT2D eigenvalue weighted by Gasteiger charge is 2.05. The first-order chi connectivity index (χ1) is 6.70. The van der Waals surface area contributed by atoms with Crippen molar-refractivity contribution in [3.8, 4) is 0 Å². The Labute approximate surface area is 94.0 Å². The summed E-state index contributed by atoms with van der Waals surface area (Å²) in [5.74, 6) is 1.56. The summed E-state index contributed by atoms with van der Waals surface area (Å²) >= 11 is 5.76. The molecule has 0 amide bonds. The smallest absolute Gasteiger partial charge is 0.0226 e. The molecule has 0 aliphatic rings. The quantitative estimate of drug-likeness (QED) is 0.474. The van der Waals surface area contributed by atoms with Gasteiger partial charge >= 0.3 is 0 Å². The Morgan fingerprint density at radius 2 is 2.00 bits per heavy atom. The Morgan fingerprint density at radius 3 is 2.50 bits per heavy atom. The fraction of sp³-hybridized carbons (Fsp3) is 1.00. The molecule has 0 aromatic rings. The molecule has 0 heterocycles. The van der Waals surface area contributed by atoms with Crippen molar-refractivity contribution < 1.29 is 0 Å². The van der Waals surface area contributed by atoms with Crippen LogP contribution in [-0.2, 0) is 0 Å². The third-order valence-electron chi connectivity index (χ3n) is 2.38. The van der Waals surface area contributed by atoms with E-state index >= 15 is 0 Å². The molecule has 1 unspecified atom stereocenters. The number of hydrogen-bond acceptors (Lipinski definition) is 2. The fourth-order valence-electron chi connectivity index (χ4n) is 1.52. The van der Waals surface area contributed by atoms with Crippen LogP contribution in [0.3, 0.4) is 0 Å². The topological polar surface area (TPSA) is 15.3 Å². The minimum Gasteiger partial charge on any atom is -0.315 e. The van der Waals surface area contributed by atoms with Gasteiger partial charge in [0.25, 0.3) is 0 Å². The van der Waals surface area contributed by atoms with E-state index in [1.54, 1.807) is 0 Å². The molecule has 0 rings (SSSR count). The largest absolute Gasteiger partial charge is 0.315 e. The molecular formula is C11H25ClN2. The summed E-state index contributed by atoms with van der Waals surface area (Å²) in [6, 6.07) is 0. The zero-order valence-corrected chi connectivity index (χ0v) is 10.6. The lowest BCUT2D eigenvalue weighted by atomic mass is 10.0. The van der Waals surface area contributed by atoms with Crippen molar-refractivity contribution in [3.63, 3.8) is 0 Å². The lowest BCUT2D eigenvalue weighted by Crippen LogP contribution is -2.30. The molecule has 3 heteroatoms. The van der Waals surface area contributed by atoms with Gasteiger partial charge in [-0.25, -0.2) is 0 Å². The molecule has 0 bridgehead atoms. The molecule has 1 atom stereocenters. The monoisotopic (exact) mass is 220 g/mol. The van der Waals surface area contributed by atoms with Crippen molar-refractivity contribution in [1.29, 1.82) is 0 Å². The third kappa shape index (κ3) is 8.79. The highest BCUT2D eigenvalue weighted by atomic mass is 35.5. The highest BCUT2D eigenvalue weighted by Crippen LogP contribution is 2.10. The van der Waals surface area contributed by atoms with Crippen molar-refractivity contribution in [2.75, 3.05) is 39.6 Å². The number of halogens is 1. The van der Waals surface area contributed by atoms with Gasteiger partial charge in [0, 0.05) is 19.0 Å². The van der Waals surface area contributed by atoms with Crippen LogP contribution in [0.1, 0.15) is 26.2 Å². The summed E-state index contributed by atoms with van der Waals surface area (Å²) in [4.78, 5) is 2.20. The fourth-order valence-corrected chi connectivity index (χ4v) is 1.83. The summed E-state index contributed by atoms with van der Waals surface area (Å²) in [7, 11) is 4.20. The summed E-state index contributed by atoms with van der Waals surface area (Å²) in [6.45, 7) is 5.55. The van der Waals surface area contributed by atoms with Gasteiger partial charge in [0.2, 0.25) is 0 Å². The summed E-state index contributed by atoms with van der Waals surface area (Å²) in [5.41, 5.74) is 0. The minimum absolute atomic E-state index is 0.764. The van der Waals surface area contributed by atoms with E-state index in [0.717, 1.165) is 37.9 Å². The van der Waals surface area contributed by atoms with Crippen molar-refractivity contribution in [1.82, 2.24) is 10.2 Å². The van der Waals surface area contributed by atoms with Gasteiger partial charge in [-0.3, -0.25) is 0 Å². The normalized spacial score (nSPS) is 13.5. The SMILES string of the molecule is CCCC(CCCl)CNCCN(C)C. The molecule has 0 fully saturated rings. The van der Waals surface area contributed by atoms with Crippen LogP contribution in [0.4, 0.5) is 0 Å². The van der Waals surface area contributed by atoms with Crippen molar-refractivity contribution >= 4 is 11.6 Å². The van der Waals surface area contributed by atoms with Crippen LogP contribution in [0.25, 0.3) is 0 Å². The van der Waals surface area contributed by atoms with Crippen LogP contribution in [0, 0.1) is 5.92 Å². The van der Waals surface area contributed by atoms with Crippen molar-refractivity contribution in [2.24, 2.45) is 5.92 Å². The minimum atomic E-state index is 0.764. The Bertz CT molecular complexity index is 112. The highest BCUT2D eigenvalue weighted by molar-refractivity contribution is 6.17. The summed E-state index contributed by atoms with van der Waals surface area (Å²) in [6.07, 6.45) is 3.70. The maximum atomic E-state index is 5.76. The first-order valence-corrected chi connectivity index (χ1v) is 6.15. The van der Waals surface area contributed by atoms with Gasteiger partial charge in [0.15, 0.2) is 0 Å². The van der Waals surface area contributed by atoms with Crippen LogP contribution in [0.15, 0.2) is 0 Å². The molecule has 86 valence electrons. The molecule has 0 saturated heterocycles. The van der Waals surface area contributed by atoms with E-state index in [0.29, 0.717) is 0 Å². The van der Waals surface area contributed by atoms with E-state index in [4.69, 9.17) is 11.6 Å². The molecule has 0 aliphatic heterocycles. The molecule has 2 nitrogen and oxygen atoms in total. The second kappa shape index (κ2) is 9.75. The van der Waals surface area contributed by atoms with Gasteiger partial charge in [-0.2, -0.15) is 0 Å². The maximum Gasteiger partial charge on any atom is 0.0226 e. The van der Waals surface area contributed by atoms with Crippen LogP contribution in [0.2, 0.25) is 0 Å². The summed E-state index contributed by atoms with van der Waals surface area (Å²) < 4.78 is 0. The van der Waals surface area contributed by atoms with Gasteiger partial charge < -0.3 is 10.2 Å². The van der Waals surface area contributed by atoms with E-state index in [9.17, 15) is 0 Å². The lowest BCUT2D eigenvalue weighted by Gasteiger charge is -2.16. The van der Waals surface area contributed by atoms with Gasteiger partial charge in [0.05, 0.1) is 0 Å². The number of nitrogens with one attached hydrogen (secondary N) is 1. The lowest BCUT2D eigenvalue weighted by molar-refractivity contribution is 0.375. The number of rotatable bonds is 9. The van der Waals surface area contributed by atoms with Crippen molar-refractivity contribution in [3.05, 3.63) is 0 Å². The van der Waals surface area contributed by atoms with Crippen LogP contribution >= 0.6 is 11.6 Å². The molecule has 0 aromatic heterocycles. The molecule has 0 aliphatic carbocycles. The summed E-state index contributed by atoms with van der Waals surface area (Å²) in [5, 5.41) is 3.49. The number of hydrogen-bond donors (Lipinski definition) is 1. The van der Waals surface area contributed by atoms with E-state index < -0.39 is 0 Å². The molecule has 0 spiro atoms. The van der Waals surface area contributed by atoms with E-state index in [1.807, 2.05) is 0 Å². The molecular weight excluding hydrogens is 196 g/mol. The van der Waals surface area contributed by atoms with Gasteiger partial charge in [-0.05, 0) is 39.4 Å². The number of alkyl halides is 1. The predicted octanol–water partition coefficient (Wildman–Crippen LogP) is 2.18.